The Morgan fingerprint density at radius 1 is 1.17 bits per heavy atom. The Balaban J connectivity index is 2.01. The molecule has 7 nitrogen and oxygen atoms in total. The Bertz CT molecular complexity index is 825. The number of nitrogens with one attached hydrogen (secondary N) is 1. The Morgan fingerprint density at radius 3 is 2.48 bits per heavy atom. The Labute approximate surface area is 137 Å². The van der Waals surface area contributed by atoms with Crippen LogP contribution in [0.25, 0.3) is 5.65 Å². The largest absolute Gasteiger partial charge is 0.502 e. The van der Waals surface area contributed by atoms with Gasteiger partial charge in [0.25, 0.3) is 0 Å². The van der Waals surface area contributed by atoms with Crippen LogP contribution in [0.5, 0.6) is 17.2 Å². The quantitative estimate of drug-likeness (QED) is 0.422. The fourth-order valence-corrected chi connectivity index (χ4v) is 2.76. The molecule has 2 N–H and O–H groups in total. The van der Waals surface area contributed by atoms with Crippen molar-refractivity contribution >= 4 is 28.9 Å². The first-order chi connectivity index (χ1) is 11.2. The summed E-state index contributed by atoms with van der Waals surface area (Å²) in [5.41, 5.74) is 1.48. The molecule has 8 heteroatoms. The van der Waals surface area contributed by atoms with Gasteiger partial charge >= 0.3 is 0 Å². The zero-order chi connectivity index (χ0) is 16.4. The summed E-state index contributed by atoms with van der Waals surface area (Å²) in [5, 5.41) is 14.0. The Kier molecular flexibility index (Phi) is 4.16. The molecule has 0 spiro atoms. The number of aromatic hydroxyl groups is 1. The van der Waals surface area contributed by atoms with Crippen LogP contribution in [-0.4, -0.2) is 40.0 Å². The van der Waals surface area contributed by atoms with E-state index in [1.54, 1.807) is 18.3 Å². The zero-order valence-electron chi connectivity index (χ0n) is 12.9. The van der Waals surface area contributed by atoms with Crippen LogP contribution in [0.3, 0.4) is 0 Å². The van der Waals surface area contributed by atoms with Gasteiger partial charge in [-0.05, 0) is 6.26 Å². The lowest BCUT2D eigenvalue weighted by Crippen LogP contribution is -2.00. The lowest BCUT2D eigenvalue weighted by atomic mass is 10.2. The van der Waals surface area contributed by atoms with E-state index in [1.807, 2.05) is 22.9 Å². The van der Waals surface area contributed by atoms with E-state index in [1.165, 1.54) is 26.0 Å². The SMILES string of the molecule is COc1cc(Nc2cc3nccn3c(SC)n2)cc(OC)c1O. The Hall–Kier alpha value is -2.61. The van der Waals surface area contributed by atoms with Gasteiger partial charge in [0.2, 0.25) is 5.75 Å². The predicted molar refractivity (Wildman–Crippen MR) is 89.3 cm³/mol. The van der Waals surface area contributed by atoms with E-state index in [4.69, 9.17) is 9.47 Å². The summed E-state index contributed by atoms with van der Waals surface area (Å²) >= 11 is 1.53. The fraction of sp³-hybridized carbons (Fsp3) is 0.200. The summed E-state index contributed by atoms with van der Waals surface area (Å²) in [7, 11) is 2.97. The number of phenols is 1. The Morgan fingerprint density at radius 2 is 1.87 bits per heavy atom. The lowest BCUT2D eigenvalue weighted by molar-refractivity contribution is 0.340. The van der Waals surface area contributed by atoms with E-state index < -0.39 is 0 Å². The van der Waals surface area contributed by atoms with Crippen LogP contribution < -0.4 is 14.8 Å². The van der Waals surface area contributed by atoms with Gasteiger partial charge in [-0.1, -0.05) is 11.8 Å². The van der Waals surface area contributed by atoms with Crippen molar-refractivity contribution in [2.45, 2.75) is 5.16 Å². The van der Waals surface area contributed by atoms with E-state index in [9.17, 15) is 5.11 Å². The second-order valence-corrected chi connectivity index (χ2v) is 5.41. The van der Waals surface area contributed by atoms with Crippen molar-refractivity contribution in [3.8, 4) is 17.2 Å². The van der Waals surface area contributed by atoms with Crippen molar-refractivity contribution < 1.29 is 14.6 Å². The maximum atomic E-state index is 9.96. The van der Waals surface area contributed by atoms with Crippen LogP contribution in [0.15, 0.2) is 35.7 Å². The molecular weight excluding hydrogens is 316 g/mol. The minimum atomic E-state index is -0.0398. The molecular formula is C15H16N4O3S. The summed E-state index contributed by atoms with van der Waals surface area (Å²) in [6, 6.07) is 5.19. The molecule has 0 aliphatic carbocycles. The van der Waals surface area contributed by atoms with Crippen LogP contribution in [0, 0.1) is 0 Å². The molecule has 2 aromatic heterocycles. The van der Waals surface area contributed by atoms with Crippen molar-refractivity contribution in [3.05, 3.63) is 30.6 Å². The fourth-order valence-electron chi connectivity index (χ4n) is 2.22. The van der Waals surface area contributed by atoms with Crippen LogP contribution >= 0.6 is 11.8 Å². The van der Waals surface area contributed by atoms with Gasteiger partial charge < -0.3 is 19.9 Å². The van der Waals surface area contributed by atoms with Gasteiger partial charge in [-0.25, -0.2) is 9.97 Å². The number of rotatable bonds is 5. The topological polar surface area (TPSA) is 80.9 Å². The second kappa shape index (κ2) is 6.25. The van der Waals surface area contributed by atoms with Gasteiger partial charge in [0.15, 0.2) is 16.7 Å². The van der Waals surface area contributed by atoms with Crippen molar-refractivity contribution in [3.63, 3.8) is 0 Å². The number of phenolic OH excluding ortho intramolecular Hbond substituents is 1. The molecule has 0 unspecified atom stereocenters. The average Bonchev–Trinajstić information content (AvgIpc) is 3.03. The molecule has 23 heavy (non-hydrogen) atoms. The summed E-state index contributed by atoms with van der Waals surface area (Å²) in [6.45, 7) is 0. The highest BCUT2D eigenvalue weighted by atomic mass is 32.2. The van der Waals surface area contributed by atoms with Crippen molar-refractivity contribution in [2.24, 2.45) is 0 Å². The van der Waals surface area contributed by atoms with E-state index in [-0.39, 0.29) is 5.75 Å². The van der Waals surface area contributed by atoms with Gasteiger partial charge in [0.1, 0.15) is 11.5 Å². The molecule has 0 saturated heterocycles. The smallest absolute Gasteiger partial charge is 0.200 e. The van der Waals surface area contributed by atoms with Crippen molar-refractivity contribution in [1.29, 1.82) is 0 Å². The minimum Gasteiger partial charge on any atom is -0.502 e. The molecule has 0 aliphatic heterocycles. The number of anilines is 2. The molecule has 0 saturated carbocycles. The number of nitrogens with zero attached hydrogens (tertiary/aromatic N) is 3. The van der Waals surface area contributed by atoms with E-state index in [0.717, 1.165) is 10.8 Å². The third-order valence-electron chi connectivity index (χ3n) is 3.29. The number of methoxy groups -OCH3 is 2. The predicted octanol–water partition coefficient (Wildman–Crippen LogP) is 2.92. The second-order valence-electron chi connectivity index (χ2n) is 4.64. The summed E-state index contributed by atoms with van der Waals surface area (Å²) in [4.78, 5) is 8.84. The summed E-state index contributed by atoms with van der Waals surface area (Å²) < 4.78 is 12.2. The molecule has 3 aromatic rings. The molecule has 0 atom stereocenters. The number of thioether (sulfide) groups is 1. The van der Waals surface area contributed by atoms with E-state index in [2.05, 4.69) is 15.3 Å². The standard InChI is InChI=1S/C15H16N4O3S/c1-21-10-6-9(7-11(22-2)14(10)20)17-12-8-13-16-4-5-19(13)15(18-12)23-3/h4-8,17,20H,1-3H3. The van der Waals surface area contributed by atoms with Gasteiger partial charge in [-0.15, -0.1) is 0 Å². The number of hydrogen-bond acceptors (Lipinski definition) is 7. The molecule has 0 aliphatic rings. The highest BCUT2D eigenvalue weighted by Gasteiger charge is 2.12. The maximum Gasteiger partial charge on any atom is 0.200 e. The highest BCUT2D eigenvalue weighted by molar-refractivity contribution is 7.98. The number of fused-ring (bicyclic) bond motifs is 1. The van der Waals surface area contributed by atoms with Crippen LogP contribution in [0.2, 0.25) is 0 Å². The highest BCUT2D eigenvalue weighted by Crippen LogP contribution is 2.39. The van der Waals surface area contributed by atoms with Crippen LogP contribution in [-0.2, 0) is 0 Å². The summed E-state index contributed by atoms with van der Waals surface area (Å²) in [5.74, 6) is 1.24. The normalized spacial score (nSPS) is 10.7. The minimum absolute atomic E-state index is 0.0398. The van der Waals surface area contributed by atoms with Gasteiger partial charge in [0.05, 0.1) is 14.2 Å². The van der Waals surface area contributed by atoms with Crippen LogP contribution in [0.4, 0.5) is 11.5 Å². The molecule has 3 rings (SSSR count). The molecule has 0 fully saturated rings. The van der Waals surface area contributed by atoms with E-state index >= 15 is 0 Å². The molecule has 1 aromatic carbocycles. The van der Waals surface area contributed by atoms with Gasteiger partial charge in [-0.2, -0.15) is 0 Å². The van der Waals surface area contributed by atoms with Crippen LogP contribution in [0.1, 0.15) is 0 Å². The average molecular weight is 332 g/mol. The molecule has 0 radical (unpaired) electrons. The zero-order valence-corrected chi connectivity index (χ0v) is 13.7. The molecule has 2 heterocycles. The molecule has 0 bridgehead atoms. The third kappa shape index (κ3) is 2.85. The third-order valence-corrected chi connectivity index (χ3v) is 3.95. The van der Waals surface area contributed by atoms with Gasteiger partial charge in [0, 0.05) is 36.3 Å². The van der Waals surface area contributed by atoms with Gasteiger partial charge in [-0.3, -0.25) is 4.40 Å². The monoisotopic (exact) mass is 332 g/mol. The van der Waals surface area contributed by atoms with E-state index in [0.29, 0.717) is 23.0 Å². The first-order valence-corrected chi connectivity index (χ1v) is 7.99. The number of imidazole rings is 1. The summed E-state index contributed by atoms with van der Waals surface area (Å²) in [6.07, 6.45) is 5.55. The number of ether oxygens (including phenoxy) is 2. The van der Waals surface area contributed by atoms with Crippen molar-refractivity contribution in [1.82, 2.24) is 14.4 Å². The number of hydrogen-bond donors (Lipinski definition) is 2. The number of aromatic nitrogens is 3. The molecule has 120 valence electrons. The lowest BCUT2D eigenvalue weighted by Gasteiger charge is -2.13. The maximum absolute atomic E-state index is 9.96. The molecule has 0 amide bonds. The number of benzene rings is 1. The first-order valence-electron chi connectivity index (χ1n) is 6.76. The van der Waals surface area contributed by atoms with Crippen molar-refractivity contribution in [2.75, 3.05) is 25.8 Å². The first kappa shape index (κ1) is 15.3.